The Morgan fingerprint density at radius 1 is 1.19 bits per heavy atom. The Labute approximate surface area is 126 Å². The van der Waals surface area contributed by atoms with Crippen LogP contribution in [0, 0.1) is 0 Å². The molecular weight excluding hydrogens is 258 g/mol. The molecule has 4 N–H and O–H groups in total. The third-order valence-electron chi connectivity index (χ3n) is 4.54. The molecule has 0 heterocycles. The van der Waals surface area contributed by atoms with Crippen LogP contribution in [0.5, 0.6) is 0 Å². The number of anilines is 3. The number of rotatable bonds is 3. The molecule has 0 aliphatic heterocycles. The standard InChI is InChI=1S/C18H23N3/c1-21(18-8-3-2-7-17(18)20)15-9-10-16-13(11-15)5-4-6-14(16)12-19/h2-3,7-11,14H,4-6,12,19-20H2,1H3/t14-/m0/s1. The summed E-state index contributed by atoms with van der Waals surface area (Å²) in [6.45, 7) is 0.744. The smallest absolute Gasteiger partial charge is 0.0641 e. The van der Waals surface area contributed by atoms with E-state index >= 15 is 0 Å². The van der Waals surface area contributed by atoms with Crippen LogP contribution in [-0.4, -0.2) is 13.6 Å². The monoisotopic (exact) mass is 281 g/mol. The second kappa shape index (κ2) is 5.78. The lowest BCUT2D eigenvalue weighted by atomic mass is 9.82. The molecule has 3 heteroatoms. The first-order chi connectivity index (χ1) is 10.2. The minimum absolute atomic E-state index is 0.523. The molecule has 21 heavy (non-hydrogen) atoms. The molecular formula is C18H23N3. The minimum atomic E-state index is 0.523. The molecule has 0 amide bonds. The summed E-state index contributed by atoms with van der Waals surface area (Å²) in [6.07, 6.45) is 3.59. The predicted molar refractivity (Wildman–Crippen MR) is 90.1 cm³/mol. The van der Waals surface area contributed by atoms with Gasteiger partial charge in [0.1, 0.15) is 0 Å². The summed E-state index contributed by atoms with van der Waals surface area (Å²) in [6, 6.07) is 14.7. The number of nitrogens with two attached hydrogens (primary N) is 2. The Balaban J connectivity index is 1.95. The summed E-state index contributed by atoms with van der Waals surface area (Å²) in [5, 5.41) is 0. The first-order valence-electron chi connectivity index (χ1n) is 7.62. The third kappa shape index (κ3) is 2.61. The number of nitrogen functional groups attached to an aromatic ring is 1. The van der Waals surface area contributed by atoms with E-state index in [2.05, 4.69) is 36.2 Å². The molecule has 0 saturated heterocycles. The van der Waals surface area contributed by atoms with E-state index in [9.17, 15) is 0 Å². The van der Waals surface area contributed by atoms with E-state index in [-0.39, 0.29) is 0 Å². The van der Waals surface area contributed by atoms with Crippen molar-refractivity contribution < 1.29 is 0 Å². The van der Waals surface area contributed by atoms with Crippen molar-refractivity contribution in [3.63, 3.8) is 0 Å². The number of fused-ring (bicyclic) bond motifs is 1. The van der Waals surface area contributed by atoms with Crippen LogP contribution in [0.4, 0.5) is 17.1 Å². The van der Waals surface area contributed by atoms with Gasteiger partial charge in [-0.25, -0.2) is 0 Å². The highest BCUT2D eigenvalue weighted by molar-refractivity contribution is 5.74. The fourth-order valence-corrected chi connectivity index (χ4v) is 3.29. The predicted octanol–water partition coefficient (Wildman–Crippen LogP) is 3.42. The molecule has 0 aromatic heterocycles. The Morgan fingerprint density at radius 2 is 2.00 bits per heavy atom. The molecule has 0 bridgehead atoms. The zero-order valence-corrected chi connectivity index (χ0v) is 12.5. The average Bonchev–Trinajstić information content (AvgIpc) is 2.53. The Bertz CT molecular complexity index is 636. The lowest BCUT2D eigenvalue weighted by molar-refractivity contribution is 0.561. The Hall–Kier alpha value is -2.00. The molecule has 0 saturated carbocycles. The van der Waals surface area contributed by atoms with Crippen LogP contribution in [-0.2, 0) is 6.42 Å². The van der Waals surface area contributed by atoms with E-state index in [0.717, 1.165) is 24.3 Å². The van der Waals surface area contributed by atoms with Gasteiger partial charge in [-0.3, -0.25) is 0 Å². The number of para-hydroxylation sites is 2. The van der Waals surface area contributed by atoms with E-state index in [0.29, 0.717) is 5.92 Å². The second-order valence-electron chi connectivity index (χ2n) is 5.83. The molecule has 1 atom stereocenters. The fourth-order valence-electron chi connectivity index (χ4n) is 3.29. The molecule has 3 nitrogen and oxygen atoms in total. The highest BCUT2D eigenvalue weighted by Gasteiger charge is 2.20. The summed E-state index contributed by atoms with van der Waals surface area (Å²) in [5.41, 5.74) is 17.9. The first kappa shape index (κ1) is 14.0. The Morgan fingerprint density at radius 3 is 2.76 bits per heavy atom. The average molecular weight is 281 g/mol. The summed E-state index contributed by atoms with van der Waals surface area (Å²) in [7, 11) is 2.07. The third-order valence-corrected chi connectivity index (χ3v) is 4.54. The van der Waals surface area contributed by atoms with Gasteiger partial charge in [0.05, 0.1) is 11.4 Å². The lowest BCUT2D eigenvalue weighted by Crippen LogP contribution is -2.19. The number of aryl methyl sites for hydroxylation is 1. The molecule has 3 rings (SSSR count). The van der Waals surface area contributed by atoms with Gasteiger partial charge in [0.15, 0.2) is 0 Å². The zero-order valence-electron chi connectivity index (χ0n) is 12.5. The van der Waals surface area contributed by atoms with Gasteiger partial charge in [-0.05, 0) is 67.1 Å². The van der Waals surface area contributed by atoms with Crippen LogP contribution in [0.15, 0.2) is 42.5 Å². The van der Waals surface area contributed by atoms with E-state index in [1.54, 1.807) is 0 Å². The molecule has 0 unspecified atom stereocenters. The maximum absolute atomic E-state index is 6.08. The summed E-state index contributed by atoms with van der Waals surface area (Å²) >= 11 is 0. The van der Waals surface area contributed by atoms with Gasteiger partial charge in [-0.1, -0.05) is 18.2 Å². The van der Waals surface area contributed by atoms with Crippen LogP contribution < -0.4 is 16.4 Å². The van der Waals surface area contributed by atoms with Crippen LogP contribution in [0.3, 0.4) is 0 Å². The summed E-state index contributed by atoms with van der Waals surface area (Å²) < 4.78 is 0. The lowest BCUT2D eigenvalue weighted by Gasteiger charge is -2.27. The van der Waals surface area contributed by atoms with Crippen LogP contribution in [0.1, 0.15) is 29.9 Å². The molecule has 2 aromatic rings. The van der Waals surface area contributed by atoms with Gasteiger partial charge in [0.2, 0.25) is 0 Å². The molecule has 1 aliphatic carbocycles. The maximum atomic E-state index is 6.08. The second-order valence-corrected chi connectivity index (χ2v) is 5.83. The van der Waals surface area contributed by atoms with Gasteiger partial charge in [0.25, 0.3) is 0 Å². The SMILES string of the molecule is CN(c1ccc2c(c1)CCC[C@H]2CN)c1ccccc1N. The van der Waals surface area contributed by atoms with Gasteiger partial charge in [0, 0.05) is 12.7 Å². The van der Waals surface area contributed by atoms with Crippen LogP contribution in [0.25, 0.3) is 0 Å². The number of hydrogen-bond donors (Lipinski definition) is 2. The van der Waals surface area contributed by atoms with Gasteiger partial charge < -0.3 is 16.4 Å². The van der Waals surface area contributed by atoms with E-state index in [1.165, 1.54) is 29.7 Å². The van der Waals surface area contributed by atoms with Gasteiger partial charge >= 0.3 is 0 Å². The van der Waals surface area contributed by atoms with Crippen molar-refractivity contribution >= 4 is 17.1 Å². The highest BCUT2D eigenvalue weighted by Crippen LogP contribution is 2.35. The summed E-state index contributed by atoms with van der Waals surface area (Å²) in [4.78, 5) is 2.15. The fraction of sp³-hybridized carbons (Fsp3) is 0.333. The van der Waals surface area contributed by atoms with Crippen molar-refractivity contribution in [1.29, 1.82) is 0 Å². The van der Waals surface area contributed by atoms with Crippen LogP contribution >= 0.6 is 0 Å². The molecule has 0 spiro atoms. The van der Waals surface area contributed by atoms with E-state index in [1.807, 2.05) is 18.2 Å². The van der Waals surface area contributed by atoms with Gasteiger partial charge in [-0.15, -0.1) is 0 Å². The topological polar surface area (TPSA) is 55.3 Å². The van der Waals surface area contributed by atoms with Gasteiger partial charge in [-0.2, -0.15) is 0 Å². The number of nitrogens with zero attached hydrogens (tertiary/aromatic N) is 1. The first-order valence-corrected chi connectivity index (χ1v) is 7.62. The molecule has 2 aromatic carbocycles. The van der Waals surface area contributed by atoms with Crippen LogP contribution in [0.2, 0.25) is 0 Å². The molecule has 0 radical (unpaired) electrons. The number of hydrogen-bond acceptors (Lipinski definition) is 3. The number of benzene rings is 2. The normalized spacial score (nSPS) is 17.3. The molecule has 1 aliphatic rings. The zero-order chi connectivity index (χ0) is 14.8. The van der Waals surface area contributed by atoms with E-state index < -0.39 is 0 Å². The van der Waals surface area contributed by atoms with Crippen molar-refractivity contribution in [1.82, 2.24) is 0 Å². The largest absolute Gasteiger partial charge is 0.397 e. The maximum Gasteiger partial charge on any atom is 0.0641 e. The quantitative estimate of drug-likeness (QED) is 0.848. The Kier molecular flexibility index (Phi) is 3.84. The van der Waals surface area contributed by atoms with Crippen molar-refractivity contribution in [3.05, 3.63) is 53.6 Å². The molecule has 0 fully saturated rings. The van der Waals surface area contributed by atoms with Crippen molar-refractivity contribution in [2.24, 2.45) is 5.73 Å². The minimum Gasteiger partial charge on any atom is -0.397 e. The molecule has 110 valence electrons. The van der Waals surface area contributed by atoms with Crippen molar-refractivity contribution in [3.8, 4) is 0 Å². The van der Waals surface area contributed by atoms with Crippen molar-refractivity contribution in [2.45, 2.75) is 25.2 Å². The summed E-state index contributed by atoms with van der Waals surface area (Å²) in [5.74, 6) is 0.523. The van der Waals surface area contributed by atoms with Crippen molar-refractivity contribution in [2.75, 3.05) is 24.2 Å². The highest BCUT2D eigenvalue weighted by atomic mass is 15.1. The van der Waals surface area contributed by atoms with E-state index in [4.69, 9.17) is 11.5 Å².